The molecule has 1 aromatic heterocycles. The molecule has 0 aliphatic carbocycles. The van der Waals surface area contributed by atoms with Crippen molar-refractivity contribution >= 4 is 29.2 Å². The SMILES string of the molecule is NC(=O)[C@@H](c1ccc(-c2cccc(OCc3ccc(Cl)cc3F)n2)cc1)c1ccc(C(=O)O)cc1NC[C@@H]1CCO1. The third-order valence-corrected chi connectivity index (χ3v) is 7.10. The van der Waals surface area contributed by atoms with Crippen molar-refractivity contribution < 1.29 is 28.6 Å². The average molecular weight is 576 g/mol. The number of nitrogens with zero attached hydrogens (tertiary/aromatic N) is 1. The smallest absolute Gasteiger partial charge is 0.335 e. The van der Waals surface area contributed by atoms with E-state index in [1.807, 2.05) is 18.2 Å². The molecule has 0 spiro atoms. The van der Waals surface area contributed by atoms with Crippen LogP contribution in [0, 0.1) is 5.82 Å². The molecule has 0 unspecified atom stereocenters. The standard InChI is InChI=1S/C31H27ClFN3O5/c32-22-10-8-21(25(33)15-22)17-41-28-3-1-2-26(36-28)18-4-6-19(7-5-18)29(30(34)37)24-11-9-20(31(38)39)14-27(24)35-16-23-12-13-40-23/h1-11,14-15,23,29,35H,12-13,16-17H2,(H2,34,37)(H,38,39)/t23-,29-/m0/s1. The van der Waals surface area contributed by atoms with E-state index in [9.17, 15) is 19.1 Å². The Labute approximate surface area is 240 Å². The minimum Gasteiger partial charge on any atom is -0.478 e. The fraction of sp³-hybridized carbons (Fsp3) is 0.194. The fourth-order valence-corrected chi connectivity index (χ4v) is 4.71. The molecule has 4 N–H and O–H groups in total. The molecule has 10 heteroatoms. The summed E-state index contributed by atoms with van der Waals surface area (Å²) in [5.41, 5.74) is 9.41. The first-order chi connectivity index (χ1) is 19.8. The van der Waals surface area contributed by atoms with Gasteiger partial charge in [0.2, 0.25) is 11.8 Å². The molecule has 0 saturated carbocycles. The molecule has 1 saturated heterocycles. The summed E-state index contributed by atoms with van der Waals surface area (Å²) in [6.45, 7) is 1.16. The number of benzene rings is 3. The molecule has 2 heterocycles. The molecule has 1 aliphatic heterocycles. The molecule has 0 bridgehead atoms. The molecule has 3 aromatic carbocycles. The Bertz CT molecular complexity index is 1580. The zero-order valence-electron chi connectivity index (χ0n) is 21.8. The first-order valence-electron chi connectivity index (χ1n) is 12.9. The number of amides is 1. The van der Waals surface area contributed by atoms with Crippen LogP contribution in [0.3, 0.4) is 0 Å². The maximum absolute atomic E-state index is 14.1. The predicted octanol–water partition coefficient (Wildman–Crippen LogP) is 5.64. The van der Waals surface area contributed by atoms with E-state index >= 15 is 0 Å². The van der Waals surface area contributed by atoms with Crippen LogP contribution < -0.4 is 15.8 Å². The van der Waals surface area contributed by atoms with Crippen molar-refractivity contribution in [1.29, 1.82) is 0 Å². The molecule has 210 valence electrons. The van der Waals surface area contributed by atoms with Gasteiger partial charge in [-0.1, -0.05) is 54.1 Å². The number of carboxylic acids is 1. The van der Waals surface area contributed by atoms with Crippen LogP contribution >= 0.6 is 11.6 Å². The minimum atomic E-state index is -1.07. The molecule has 1 fully saturated rings. The number of halogens is 2. The number of ether oxygens (including phenoxy) is 2. The van der Waals surface area contributed by atoms with Gasteiger partial charge in [-0.3, -0.25) is 4.79 Å². The zero-order chi connectivity index (χ0) is 28.9. The number of hydrogen-bond acceptors (Lipinski definition) is 6. The van der Waals surface area contributed by atoms with Gasteiger partial charge in [0.25, 0.3) is 0 Å². The van der Waals surface area contributed by atoms with Gasteiger partial charge in [-0.05, 0) is 47.9 Å². The summed E-state index contributed by atoms with van der Waals surface area (Å²) < 4.78 is 25.3. The Hall–Kier alpha value is -4.47. The lowest BCUT2D eigenvalue weighted by Crippen LogP contribution is -2.34. The summed E-state index contributed by atoms with van der Waals surface area (Å²) in [5, 5.41) is 13.0. The maximum Gasteiger partial charge on any atom is 0.335 e. The van der Waals surface area contributed by atoms with Crippen molar-refractivity contribution in [3.63, 3.8) is 0 Å². The van der Waals surface area contributed by atoms with Gasteiger partial charge in [-0.15, -0.1) is 0 Å². The van der Waals surface area contributed by atoms with Crippen LogP contribution in [0.25, 0.3) is 11.3 Å². The molecular weight excluding hydrogens is 549 g/mol. The van der Waals surface area contributed by atoms with Crippen LogP contribution in [0.5, 0.6) is 5.88 Å². The number of anilines is 1. The van der Waals surface area contributed by atoms with E-state index in [-0.39, 0.29) is 18.3 Å². The Morgan fingerprint density at radius 1 is 1.12 bits per heavy atom. The van der Waals surface area contributed by atoms with E-state index < -0.39 is 23.6 Å². The maximum atomic E-state index is 14.1. The lowest BCUT2D eigenvalue weighted by molar-refractivity contribution is -0.118. The van der Waals surface area contributed by atoms with Crippen LogP contribution in [0.1, 0.15) is 39.4 Å². The summed E-state index contributed by atoms with van der Waals surface area (Å²) in [7, 11) is 0. The largest absolute Gasteiger partial charge is 0.478 e. The quantitative estimate of drug-likeness (QED) is 0.211. The highest BCUT2D eigenvalue weighted by molar-refractivity contribution is 6.30. The molecule has 2 atom stereocenters. The van der Waals surface area contributed by atoms with Gasteiger partial charge in [0.1, 0.15) is 12.4 Å². The van der Waals surface area contributed by atoms with Crippen molar-refractivity contribution in [2.24, 2.45) is 5.73 Å². The molecule has 41 heavy (non-hydrogen) atoms. The second kappa shape index (κ2) is 12.4. The number of carbonyl (C=O) groups excluding carboxylic acids is 1. The van der Waals surface area contributed by atoms with E-state index in [1.165, 1.54) is 18.2 Å². The van der Waals surface area contributed by atoms with E-state index in [4.69, 9.17) is 26.8 Å². The predicted molar refractivity (Wildman–Crippen MR) is 153 cm³/mol. The topological polar surface area (TPSA) is 124 Å². The third-order valence-electron chi connectivity index (χ3n) is 6.86. The van der Waals surface area contributed by atoms with Crippen molar-refractivity contribution in [3.8, 4) is 17.1 Å². The van der Waals surface area contributed by atoms with Gasteiger partial charge in [0, 0.05) is 41.1 Å². The number of carbonyl (C=O) groups is 2. The van der Waals surface area contributed by atoms with E-state index in [1.54, 1.807) is 42.5 Å². The highest BCUT2D eigenvalue weighted by Gasteiger charge is 2.25. The number of nitrogens with one attached hydrogen (secondary N) is 1. The number of pyridine rings is 1. The second-order valence-electron chi connectivity index (χ2n) is 9.61. The fourth-order valence-electron chi connectivity index (χ4n) is 4.55. The van der Waals surface area contributed by atoms with Crippen molar-refractivity contribution in [3.05, 3.63) is 112 Å². The van der Waals surface area contributed by atoms with Gasteiger partial charge < -0.3 is 25.6 Å². The molecule has 4 aromatic rings. The lowest BCUT2D eigenvalue weighted by atomic mass is 9.88. The summed E-state index contributed by atoms with van der Waals surface area (Å²) in [4.78, 5) is 28.8. The van der Waals surface area contributed by atoms with Gasteiger partial charge in [-0.25, -0.2) is 14.2 Å². The van der Waals surface area contributed by atoms with Gasteiger partial charge in [-0.2, -0.15) is 0 Å². The van der Waals surface area contributed by atoms with Crippen LogP contribution in [-0.2, 0) is 16.1 Å². The normalized spacial score (nSPS) is 15.0. The van der Waals surface area contributed by atoms with Gasteiger partial charge in [0.05, 0.1) is 23.3 Å². The number of aromatic nitrogens is 1. The molecule has 5 rings (SSSR count). The van der Waals surface area contributed by atoms with Crippen LogP contribution in [0.2, 0.25) is 5.02 Å². The molecular formula is C31H27ClFN3O5. The first-order valence-corrected chi connectivity index (χ1v) is 13.3. The Morgan fingerprint density at radius 2 is 1.90 bits per heavy atom. The number of carboxylic acid groups (broad SMARTS) is 1. The third kappa shape index (κ3) is 6.65. The van der Waals surface area contributed by atoms with Crippen molar-refractivity contribution in [2.45, 2.75) is 25.0 Å². The zero-order valence-corrected chi connectivity index (χ0v) is 22.6. The highest BCUT2D eigenvalue weighted by Crippen LogP contribution is 2.33. The lowest BCUT2D eigenvalue weighted by Gasteiger charge is -2.28. The summed E-state index contributed by atoms with van der Waals surface area (Å²) in [5.74, 6) is -2.61. The average Bonchev–Trinajstić information content (AvgIpc) is 2.93. The van der Waals surface area contributed by atoms with Crippen LogP contribution in [-0.4, -0.2) is 41.2 Å². The van der Waals surface area contributed by atoms with Gasteiger partial charge in [0.15, 0.2) is 0 Å². The van der Waals surface area contributed by atoms with Crippen molar-refractivity contribution in [2.75, 3.05) is 18.5 Å². The van der Waals surface area contributed by atoms with Crippen LogP contribution in [0.4, 0.5) is 10.1 Å². The Morgan fingerprint density at radius 3 is 2.56 bits per heavy atom. The number of aromatic carboxylic acids is 1. The number of nitrogens with two attached hydrogens (primary N) is 1. The highest BCUT2D eigenvalue weighted by atomic mass is 35.5. The van der Waals surface area contributed by atoms with E-state index in [0.29, 0.717) is 52.1 Å². The molecule has 1 aliphatic rings. The van der Waals surface area contributed by atoms with Crippen LogP contribution in [0.15, 0.2) is 78.9 Å². The van der Waals surface area contributed by atoms with E-state index in [0.717, 1.165) is 12.0 Å². The summed E-state index contributed by atoms with van der Waals surface area (Å²) in [6, 6.07) is 21.4. The molecule has 0 radical (unpaired) electrons. The van der Waals surface area contributed by atoms with E-state index in [2.05, 4.69) is 10.3 Å². The minimum absolute atomic E-state index is 0.0113. The number of rotatable bonds is 11. The van der Waals surface area contributed by atoms with Gasteiger partial charge >= 0.3 is 5.97 Å². The number of hydrogen-bond donors (Lipinski definition) is 3. The summed E-state index contributed by atoms with van der Waals surface area (Å²) in [6.07, 6.45) is 0.931. The summed E-state index contributed by atoms with van der Waals surface area (Å²) >= 11 is 5.82. The second-order valence-corrected chi connectivity index (χ2v) is 10.0. The monoisotopic (exact) mass is 575 g/mol. The Kier molecular flexibility index (Phi) is 8.47. The molecule has 1 amide bonds. The van der Waals surface area contributed by atoms with Crippen molar-refractivity contribution in [1.82, 2.24) is 4.98 Å². The Balaban J connectivity index is 1.37. The first kappa shape index (κ1) is 28.1. The number of primary amides is 1. The molecule has 8 nitrogen and oxygen atoms in total.